The van der Waals surface area contributed by atoms with Crippen molar-refractivity contribution in [3.8, 4) is 16.9 Å². The number of carbonyl (C=O) groups excluding carboxylic acids is 1. The Morgan fingerprint density at radius 2 is 1.61 bits per heavy atom. The number of fused-ring (bicyclic) bond motifs is 1. The minimum absolute atomic E-state index is 0.163. The monoisotopic (exact) mass is 484 g/mol. The molecule has 2 N–H and O–H groups in total. The molecule has 0 unspecified atom stereocenters. The molecule has 0 aliphatic heterocycles. The van der Waals surface area contributed by atoms with Crippen molar-refractivity contribution in [2.45, 2.75) is 39.5 Å². The number of urea groups is 1. The zero-order valence-corrected chi connectivity index (χ0v) is 21.5. The first-order valence-electron chi connectivity index (χ1n) is 12.0. The maximum Gasteiger partial charge on any atom is 0.326 e. The van der Waals surface area contributed by atoms with E-state index < -0.39 is 0 Å². The van der Waals surface area contributed by atoms with Crippen LogP contribution in [0.2, 0.25) is 0 Å². The Bertz CT molecular complexity index is 1430. The number of amides is 2. The van der Waals surface area contributed by atoms with Crippen LogP contribution >= 0.6 is 0 Å². The molecule has 0 bridgehead atoms. The standard InChI is InChI=1S/C29H32N4O3/c1-17(2)23-14-21(19-9-11-22(36-6)12-10-19)15-24(18(3)4)26(23)31-29(35)33(5)25-16-20-8-7-13-30-27(20)32-28(25)34/h7-18H,1-6H3,(H,31,35)(H,30,32,34). The molecule has 2 aromatic heterocycles. The van der Waals surface area contributed by atoms with Gasteiger partial charge in [0, 0.05) is 24.3 Å². The average molecular weight is 485 g/mol. The van der Waals surface area contributed by atoms with Gasteiger partial charge in [0.25, 0.3) is 5.56 Å². The van der Waals surface area contributed by atoms with Crippen LogP contribution in [-0.2, 0) is 0 Å². The fourth-order valence-electron chi connectivity index (χ4n) is 4.27. The maximum atomic E-state index is 13.4. The highest BCUT2D eigenvalue weighted by atomic mass is 16.5. The Morgan fingerprint density at radius 3 is 2.19 bits per heavy atom. The lowest BCUT2D eigenvalue weighted by Crippen LogP contribution is -2.35. The number of rotatable bonds is 6. The summed E-state index contributed by atoms with van der Waals surface area (Å²) in [6.07, 6.45) is 1.62. The predicted molar refractivity (Wildman–Crippen MR) is 146 cm³/mol. The summed E-state index contributed by atoms with van der Waals surface area (Å²) in [5.41, 5.74) is 5.37. The van der Waals surface area contributed by atoms with Crippen LogP contribution in [0.25, 0.3) is 22.2 Å². The van der Waals surface area contributed by atoms with Crippen LogP contribution in [-0.4, -0.2) is 30.2 Å². The fraction of sp³-hybridized carbons (Fsp3) is 0.276. The second-order valence-electron chi connectivity index (χ2n) is 9.48. The number of aromatic amines is 1. The number of pyridine rings is 2. The van der Waals surface area contributed by atoms with Crippen LogP contribution in [0.15, 0.2) is 65.6 Å². The lowest BCUT2D eigenvalue weighted by molar-refractivity contribution is 0.258. The first-order chi connectivity index (χ1) is 17.2. The van der Waals surface area contributed by atoms with Crippen molar-refractivity contribution in [2.24, 2.45) is 0 Å². The molecule has 0 spiro atoms. The number of carbonyl (C=O) groups is 1. The molecule has 0 aliphatic carbocycles. The highest BCUT2D eigenvalue weighted by Crippen LogP contribution is 2.37. The number of nitrogens with one attached hydrogen (secondary N) is 2. The molecule has 186 valence electrons. The lowest BCUT2D eigenvalue weighted by Gasteiger charge is -2.25. The van der Waals surface area contributed by atoms with Crippen molar-refractivity contribution in [2.75, 3.05) is 24.4 Å². The predicted octanol–water partition coefficient (Wildman–Crippen LogP) is 6.51. The van der Waals surface area contributed by atoms with Gasteiger partial charge >= 0.3 is 6.03 Å². The van der Waals surface area contributed by atoms with Gasteiger partial charge in [0.1, 0.15) is 17.1 Å². The number of H-pyrrole nitrogens is 1. The second kappa shape index (κ2) is 10.2. The average Bonchev–Trinajstić information content (AvgIpc) is 2.87. The Balaban J connectivity index is 1.73. The summed E-state index contributed by atoms with van der Waals surface area (Å²) in [6, 6.07) is 17.2. The zero-order chi connectivity index (χ0) is 26.0. The number of aromatic nitrogens is 2. The van der Waals surface area contributed by atoms with Crippen molar-refractivity contribution >= 4 is 28.4 Å². The van der Waals surface area contributed by atoms with Crippen LogP contribution in [0.3, 0.4) is 0 Å². The fourth-order valence-corrected chi connectivity index (χ4v) is 4.27. The van der Waals surface area contributed by atoms with Crippen LogP contribution in [0.5, 0.6) is 5.75 Å². The van der Waals surface area contributed by atoms with E-state index in [9.17, 15) is 9.59 Å². The van der Waals surface area contributed by atoms with E-state index in [1.165, 1.54) is 4.90 Å². The molecular formula is C29H32N4O3. The minimum Gasteiger partial charge on any atom is -0.497 e. The van der Waals surface area contributed by atoms with E-state index in [-0.39, 0.29) is 29.1 Å². The van der Waals surface area contributed by atoms with Gasteiger partial charge in [0.15, 0.2) is 0 Å². The maximum absolute atomic E-state index is 13.4. The first kappa shape index (κ1) is 25.0. The third-order valence-corrected chi connectivity index (χ3v) is 6.36. The Kier molecular flexibility index (Phi) is 7.10. The van der Waals surface area contributed by atoms with Crippen LogP contribution in [0, 0.1) is 0 Å². The molecule has 0 radical (unpaired) electrons. The SMILES string of the molecule is COc1ccc(-c2cc(C(C)C)c(NC(=O)N(C)c3cc4cccnc4[nH]c3=O)c(C(C)C)c2)cc1. The summed E-state index contributed by atoms with van der Waals surface area (Å²) >= 11 is 0. The highest BCUT2D eigenvalue weighted by Gasteiger charge is 2.22. The van der Waals surface area contributed by atoms with Crippen LogP contribution < -0.4 is 20.5 Å². The third-order valence-electron chi connectivity index (χ3n) is 6.36. The van der Waals surface area contributed by atoms with E-state index in [2.05, 4.69) is 55.1 Å². The van der Waals surface area contributed by atoms with Crippen molar-refractivity contribution in [3.05, 3.63) is 82.3 Å². The number of anilines is 2. The van der Waals surface area contributed by atoms with Gasteiger partial charge in [0.05, 0.1) is 7.11 Å². The number of methoxy groups -OCH3 is 1. The molecule has 0 fully saturated rings. The Hall–Kier alpha value is -4.13. The normalized spacial score (nSPS) is 11.2. The number of hydrogen-bond acceptors (Lipinski definition) is 4. The zero-order valence-electron chi connectivity index (χ0n) is 21.5. The number of benzene rings is 2. The summed E-state index contributed by atoms with van der Waals surface area (Å²) < 4.78 is 5.30. The highest BCUT2D eigenvalue weighted by molar-refractivity contribution is 6.03. The van der Waals surface area contributed by atoms with Gasteiger partial charge in [-0.15, -0.1) is 0 Å². The topological polar surface area (TPSA) is 87.3 Å². The molecule has 4 aromatic rings. The molecule has 2 aromatic carbocycles. The van der Waals surface area contributed by atoms with Crippen molar-refractivity contribution in [3.63, 3.8) is 0 Å². The van der Waals surface area contributed by atoms with Crippen LogP contribution in [0.4, 0.5) is 16.2 Å². The van der Waals surface area contributed by atoms with Gasteiger partial charge in [-0.1, -0.05) is 39.8 Å². The van der Waals surface area contributed by atoms with Gasteiger partial charge in [-0.2, -0.15) is 0 Å². The molecule has 7 nitrogen and oxygen atoms in total. The lowest BCUT2D eigenvalue weighted by atomic mass is 9.88. The summed E-state index contributed by atoms with van der Waals surface area (Å²) in [6.45, 7) is 8.44. The molecule has 0 saturated carbocycles. The third kappa shape index (κ3) is 4.96. The largest absolute Gasteiger partial charge is 0.497 e. The van der Waals surface area contributed by atoms with E-state index >= 15 is 0 Å². The number of hydrogen-bond donors (Lipinski definition) is 2. The van der Waals surface area contributed by atoms with Crippen molar-refractivity contribution < 1.29 is 9.53 Å². The first-order valence-corrected chi connectivity index (χ1v) is 12.0. The molecule has 2 heterocycles. The molecule has 36 heavy (non-hydrogen) atoms. The molecule has 0 aliphatic rings. The summed E-state index contributed by atoms with van der Waals surface area (Å²) in [7, 11) is 3.25. The summed E-state index contributed by atoms with van der Waals surface area (Å²) in [5, 5.41) is 3.86. The van der Waals surface area contributed by atoms with Crippen molar-refractivity contribution in [1.29, 1.82) is 0 Å². The number of ether oxygens (including phenoxy) is 1. The van der Waals surface area contributed by atoms with E-state index in [4.69, 9.17) is 4.74 Å². The molecule has 7 heteroatoms. The minimum atomic E-state index is -0.385. The van der Waals surface area contributed by atoms with E-state index in [0.29, 0.717) is 5.65 Å². The second-order valence-corrected chi connectivity index (χ2v) is 9.48. The smallest absolute Gasteiger partial charge is 0.326 e. The van der Waals surface area contributed by atoms with Crippen LogP contribution in [0.1, 0.15) is 50.7 Å². The van der Waals surface area contributed by atoms with E-state index in [1.54, 1.807) is 32.5 Å². The van der Waals surface area contributed by atoms with Crippen molar-refractivity contribution in [1.82, 2.24) is 9.97 Å². The van der Waals surface area contributed by atoms with Gasteiger partial charge in [-0.3, -0.25) is 9.69 Å². The van der Waals surface area contributed by atoms with E-state index in [0.717, 1.165) is 39.1 Å². The van der Waals surface area contributed by atoms with Gasteiger partial charge in [-0.25, -0.2) is 9.78 Å². The van der Waals surface area contributed by atoms with Gasteiger partial charge in [-0.05, 0) is 76.6 Å². The number of nitrogens with zero attached hydrogens (tertiary/aromatic N) is 2. The molecular weight excluding hydrogens is 452 g/mol. The molecule has 2 amide bonds. The molecule has 0 saturated heterocycles. The Labute approximate surface area is 211 Å². The van der Waals surface area contributed by atoms with E-state index in [1.807, 2.05) is 30.3 Å². The quantitative estimate of drug-likeness (QED) is 0.326. The molecule has 4 rings (SSSR count). The summed E-state index contributed by atoms with van der Waals surface area (Å²) in [4.78, 5) is 34.4. The van der Waals surface area contributed by atoms with Gasteiger partial charge < -0.3 is 15.0 Å². The molecule has 0 atom stereocenters. The Morgan fingerprint density at radius 1 is 0.972 bits per heavy atom. The van der Waals surface area contributed by atoms with Gasteiger partial charge in [0.2, 0.25) is 0 Å². The summed E-state index contributed by atoms with van der Waals surface area (Å²) in [5.74, 6) is 1.13.